The van der Waals surface area contributed by atoms with Gasteiger partial charge in [-0.05, 0) is 75.1 Å². The SMILES string of the molecule is NS(=O)(=O)c1ccc(P(=O)([O-])[O-])cc1.NS(=O)(=O)c1ccc(P(=O)([O-])[O-])cc1.NS(=O)(=O)c1ccc(P(=O)([O-])[O-])cc1.[Ce+3].[Ce+3]. The Hall–Kier alpha value is 0.593. The van der Waals surface area contributed by atoms with Crippen molar-refractivity contribution in [1.29, 1.82) is 0 Å². The zero-order chi connectivity index (χ0) is 32.9. The predicted octanol–water partition coefficient (Wildman–Crippen LogP) is -6.38. The summed E-state index contributed by atoms with van der Waals surface area (Å²) in [7, 11) is -26.1. The first-order valence-corrected chi connectivity index (χ1v) is 19.4. The van der Waals surface area contributed by atoms with E-state index in [2.05, 4.69) is 0 Å². The first kappa shape index (κ1) is 46.7. The van der Waals surface area contributed by atoms with Crippen LogP contribution in [0, 0.1) is 83.5 Å². The molecule has 236 valence electrons. The molecule has 6 N–H and O–H groups in total. The van der Waals surface area contributed by atoms with Crippen LogP contribution in [0.5, 0.6) is 0 Å². The third-order valence-electron chi connectivity index (χ3n) is 4.44. The van der Waals surface area contributed by atoms with E-state index in [0.717, 1.165) is 72.8 Å². The van der Waals surface area contributed by atoms with Crippen LogP contribution >= 0.6 is 22.8 Å². The van der Waals surface area contributed by atoms with Crippen molar-refractivity contribution in [3.63, 3.8) is 0 Å². The second kappa shape index (κ2) is 17.8. The maximum Gasteiger partial charge on any atom is 3.00 e. The van der Waals surface area contributed by atoms with Gasteiger partial charge in [-0.1, -0.05) is 36.4 Å². The van der Waals surface area contributed by atoms with E-state index in [4.69, 9.17) is 15.4 Å². The molecule has 0 bridgehead atoms. The van der Waals surface area contributed by atoms with E-state index in [1.165, 1.54) is 0 Å². The fourth-order valence-corrected chi connectivity index (χ4v) is 5.54. The Labute approximate surface area is 319 Å². The number of primary sulfonamides is 3. The molecule has 0 unspecified atom stereocenters. The largest absolute Gasteiger partial charge is 3.00 e. The van der Waals surface area contributed by atoms with E-state index in [1.54, 1.807) is 0 Å². The van der Waals surface area contributed by atoms with Crippen molar-refractivity contribution in [2.24, 2.45) is 15.4 Å². The van der Waals surface area contributed by atoms with Gasteiger partial charge in [-0.3, -0.25) is 0 Å². The number of benzene rings is 3. The predicted molar refractivity (Wildman–Crippen MR) is 135 cm³/mol. The molecule has 0 saturated heterocycles. The number of rotatable bonds is 6. The maximum absolute atomic E-state index is 10.7. The van der Waals surface area contributed by atoms with Crippen LogP contribution in [-0.2, 0) is 43.8 Å². The van der Waals surface area contributed by atoms with E-state index >= 15 is 0 Å². The summed E-state index contributed by atoms with van der Waals surface area (Å²) in [5.41, 5.74) is 0. The minimum Gasteiger partial charge on any atom is -0.807 e. The molecule has 0 fully saturated rings. The Bertz CT molecular complexity index is 1650. The quantitative estimate of drug-likeness (QED) is 0.193. The minimum absolute atomic E-state index is 0. The van der Waals surface area contributed by atoms with Crippen molar-refractivity contribution in [2.45, 2.75) is 14.7 Å². The molecule has 0 atom stereocenters. The summed E-state index contributed by atoms with van der Waals surface area (Å²) >= 11 is 0. The van der Waals surface area contributed by atoms with Crippen LogP contribution in [0.2, 0.25) is 0 Å². The van der Waals surface area contributed by atoms with Gasteiger partial charge < -0.3 is 43.1 Å². The van der Waals surface area contributed by atoms with Crippen molar-refractivity contribution >= 4 is 68.8 Å². The molecule has 0 heterocycles. The minimum atomic E-state index is -4.83. The molecule has 3 aromatic carbocycles. The van der Waals surface area contributed by atoms with Gasteiger partial charge >= 0.3 is 83.5 Å². The summed E-state index contributed by atoms with van der Waals surface area (Å²) in [5.74, 6) is 0. The van der Waals surface area contributed by atoms with Gasteiger partial charge in [-0.15, -0.1) is 0 Å². The molecule has 0 amide bonds. The Kier molecular flexibility index (Phi) is 18.9. The average Bonchev–Trinajstić information content (AvgIpc) is 2.82. The van der Waals surface area contributed by atoms with Crippen LogP contribution in [0.25, 0.3) is 0 Å². The number of hydrogen-bond acceptors (Lipinski definition) is 15. The molecule has 0 spiro atoms. The van der Waals surface area contributed by atoms with Gasteiger partial charge in [0.25, 0.3) is 0 Å². The van der Waals surface area contributed by atoms with E-state index < -0.39 is 68.8 Å². The molecule has 3 rings (SSSR count). The van der Waals surface area contributed by atoms with Crippen LogP contribution in [-0.4, -0.2) is 25.3 Å². The Balaban J connectivity index is 0. The van der Waals surface area contributed by atoms with Gasteiger partial charge in [0.1, 0.15) is 0 Å². The second-order valence-corrected chi connectivity index (χ2v) is 16.8. The van der Waals surface area contributed by atoms with E-state index in [-0.39, 0.29) is 98.2 Å². The van der Waals surface area contributed by atoms with Crippen molar-refractivity contribution in [1.82, 2.24) is 0 Å². The van der Waals surface area contributed by atoms with Crippen molar-refractivity contribution < 1.29 is 152 Å². The van der Waals surface area contributed by atoms with Gasteiger partial charge in [0, 0.05) is 0 Å². The third-order valence-corrected chi connectivity index (χ3v) is 10.0. The number of sulfonamides is 3. The zero-order valence-electron chi connectivity index (χ0n) is 21.4. The molecule has 3 aromatic rings. The molecule has 0 aromatic heterocycles. The molecule has 44 heavy (non-hydrogen) atoms. The smallest absolute Gasteiger partial charge is 0.807 e. The van der Waals surface area contributed by atoms with Crippen LogP contribution in [0.1, 0.15) is 0 Å². The van der Waals surface area contributed by atoms with E-state index in [1.807, 2.05) is 0 Å². The Morgan fingerprint density at radius 3 is 0.614 bits per heavy atom. The van der Waals surface area contributed by atoms with Gasteiger partial charge in [0.2, 0.25) is 30.1 Å². The first-order chi connectivity index (χ1) is 18.6. The molecule has 18 nitrogen and oxygen atoms in total. The molecule has 0 saturated carbocycles. The van der Waals surface area contributed by atoms with Crippen LogP contribution < -0.4 is 60.7 Å². The molecule has 2 radical (unpaired) electrons. The standard InChI is InChI=1S/3C6H8NO5PS.2Ce/c3*7-14(11,12)6-3-1-5(2-4-6)13(8,9)10;;/h3*1-4H,(H2,7,11,12)(H2,8,9,10);;/q;;;2*+3/p-6. The van der Waals surface area contributed by atoms with Crippen LogP contribution in [0.15, 0.2) is 87.5 Å². The van der Waals surface area contributed by atoms with E-state index in [9.17, 15) is 68.3 Å². The van der Waals surface area contributed by atoms with Crippen molar-refractivity contribution in [3.05, 3.63) is 72.8 Å². The summed E-state index contributed by atoms with van der Waals surface area (Å²) < 4.78 is 95.9. The Morgan fingerprint density at radius 1 is 0.386 bits per heavy atom. The Morgan fingerprint density at radius 2 is 0.523 bits per heavy atom. The maximum atomic E-state index is 10.7. The monoisotopic (exact) mass is 985 g/mol. The second-order valence-electron chi connectivity index (χ2n) is 7.61. The third kappa shape index (κ3) is 16.6. The summed E-state index contributed by atoms with van der Waals surface area (Å²) in [6.45, 7) is 0. The van der Waals surface area contributed by atoms with E-state index in [0.29, 0.717) is 0 Å². The zero-order valence-corrected chi connectivity index (χ0v) is 32.8. The number of nitrogens with two attached hydrogens (primary N) is 3. The molecule has 0 aliphatic heterocycles. The van der Waals surface area contributed by atoms with Crippen molar-refractivity contribution in [3.8, 4) is 0 Å². The van der Waals surface area contributed by atoms with Gasteiger partial charge in [0.05, 0.1) is 14.7 Å². The topological polar surface area (TPSA) is 370 Å². The van der Waals surface area contributed by atoms with Gasteiger partial charge in [-0.2, -0.15) is 0 Å². The molecule has 0 aliphatic rings. The van der Waals surface area contributed by atoms with Crippen molar-refractivity contribution in [2.75, 3.05) is 0 Å². The van der Waals surface area contributed by atoms with Gasteiger partial charge in [-0.25, -0.2) is 40.7 Å². The first-order valence-electron chi connectivity index (χ1n) is 10.1. The van der Waals surface area contributed by atoms with Crippen LogP contribution in [0.3, 0.4) is 0 Å². The van der Waals surface area contributed by atoms with Crippen LogP contribution in [0.4, 0.5) is 0 Å². The fraction of sp³-hybridized carbons (Fsp3) is 0. The number of hydrogen-bond donors (Lipinski definition) is 3. The summed E-state index contributed by atoms with van der Waals surface area (Å²) in [5, 5.41) is 12.9. The molecule has 0 aliphatic carbocycles. The molecular weight excluding hydrogens is 968 g/mol. The summed E-state index contributed by atoms with van der Waals surface area (Å²) in [6.07, 6.45) is 0. The fourth-order valence-electron chi connectivity index (χ4n) is 2.46. The molecule has 26 heteroatoms. The molecular formula is C18H18Ce2N3O15P3S3. The summed E-state index contributed by atoms with van der Waals surface area (Å²) in [6, 6.07) is 11.2. The average molecular weight is 986 g/mol. The van der Waals surface area contributed by atoms with Gasteiger partial charge in [0.15, 0.2) is 0 Å². The normalized spacial score (nSPS) is 12.2. The summed E-state index contributed by atoms with van der Waals surface area (Å²) in [4.78, 5) is 62.2.